The summed E-state index contributed by atoms with van der Waals surface area (Å²) >= 11 is 0. The first-order valence-corrected chi connectivity index (χ1v) is 9.98. The number of methoxy groups -OCH3 is 1. The van der Waals surface area contributed by atoms with Gasteiger partial charge in [-0.2, -0.15) is 4.98 Å². The molecule has 2 fully saturated rings. The van der Waals surface area contributed by atoms with Crippen molar-refractivity contribution in [3.8, 4) is 22.9 Å². The topological polar surface area (TPSA) is 69.2 Å². The Morgan fingerprint density at radius 1 is 1.04 bits per heavy atom. The Hall–Kier alpha value is -2.37. The van der Waals surface area contributed by atoms with Gasteiger partial charge >= 0.3 is 0 Å². The summed E-state index contributed by atoms with van der Waals surface area (Å²) in [6.45, 7) is 3.04. The number of nitrogens with zero attached hydrogens (tertiary/aromatic N) is 3. The molecule has 0 amide bonds. The van der Waals surface area contributed by atoms with Crippen LogP contribution in [0.25, 0.3) is 11.1 Å². The summed E-state index contributed by atoms with van der Waals surface area (Å²) in [5.41, 5.74) is 1.80. The van der Waals surface area contributed by atoms with Crippen LogP contribution < -0.4 is 14.8 Å². The molecule has 0 spiro atoms. The van der Waals surface area contributed by atoms with Crippen LogP contribution in [-0.4, -0.2) is 34.7 Å². The molecule has 6 nitrogen and oxygen atoms in total. The van der Waals surface area contributed by atoms with Gasteiger partial charge in [-0.15, -0.1) is 0 Å². The van der Waals surface area contributed by atoms with Crippen LogP contribution in [0.3, 0.4) is 0 Å². The van der Waals surface area contributed by atoms with Gasteiger partial charge in [-0.25, -0.2) is 9.97 Å². The molecule has 2 aliphatic rings. The van der Waals surface area contributed by atoms with E-state index in [0.717, 1.165) is 17.0 Å². The van der Waals surface area contributed by atoms with Gasteiger partial charge in [0, 0.05) is 30.1 Å². The summed E-state index contributed by atoms with van der Waals surface area (Å²) < 4.78 is 11.2. The minimum atomic E-state index is 0.450. The Morgan fingerprint density at radius 2 is 1.85 bits per heavy atom. The number of hydrogen-bond donors (Lipinski definition) is 1. The van der Waals surface area contributed by atoms with E-state index in [4.69, 9.17) is 14.5 Å². The maximum atomic E-state index is 6.07. The highest BCUT2D eigenvalue weighted by Gasteiger charge is 2.24. The van der Waals surface area contributed by atoms with E-state index in [0.29, 0.717) is 36.3 Å². The Morgan fingerprint density at radius 3 is 2.52 bits per heavy atom. The number of hydrogen-bond acceptors (Lipinski definition) is 6. The summed E-state index contributed by atoms with van der Waals surface area (Å²) in [6, 6.07) is 4.26. The monoisotopic (exact) mass is 368 g/mol. The molecular formula is C21H28N4O2. The molecular weight excluding hydrogens is 340 g/mol. The van der Waals surface area contributed by atoms with E-state index in [1.165, 1.54) is 38.5 Å². The molecule has 2 saturated carbocycles. The minimum absolute atomic E-state index is 0.450. The van der Waals surface area contributed by atoms with Crippen LogP contribution in [0.5, 0.6) is 11.8 Å². The molecule has 2 heterocycles. The summed E-state index contributed by atoms with van der Waals surface area (Å²) in [5.74, 6) is 3.37. The molecule has 27 heavy (non-hydrogen) atoms. The average Bonchev–Trinajstić information content (AvgIpc) is 3.53. The maximum absolute atomic E-state index is 6.07. The third-order valence-corrected chi connectivity index (χ3v) is 5.51. The normalized spacial score (nSPS) is 22.3. The molecule has 1 N–H and O–H groups in total. The number of rotatable bonds is 7. The lowest BCUT2D eigenvalue weighted by atomic mass is 9.87. The van der Waals surface area contributed by atoms with Crippen molar-refractivity contribution < 1.29 is 9.47 Å². The second kappa shape index (κ2) is 8.11. The highest BCUT2D eigenvalue weighted by atomic mass is 16.5. The zero-order valence-electron chi connectivity index (χ0n) is 16.1. The lowest BCUT2D eigenvalue weighted by molar-refractivity contribution is 0.289. The summed E-state index contributed by atoms with van der Waals surface area (Å²) in [5, 5.41) is 3.50. The molecule has 0 aliphatic heterocycles. The van der Waals surface area contributed by atoms with Crippen LogP contribution in [0.1, 0.15) is 45.4 Å². The van der Waals surface area contributed by atoms with Crippen molar-refractivity contribution in [1.82, 2.24) is 15.0 Å². The molecule has 0 bridgehead atoms. The quantitative estimate of drug-likeness (QED) is 0.785. The first-order chi connectivity index (χ1) is 13.2. The van der Waals surface area contributed by atoms with Crippen LogP contribution in [0.4, 0.5) is 5.95 Å². The zero-order chi connectivity index (χ0) is 18.6. The van der Waals surface area contributed by atoms with E-state index in [2.05, 4.69) is 22.2 Å². The lowest BCUT2D eigenvalue weighted by Gasteiger charge is -2.27. The third-order valence-electron chi connectivity index (χ3n) is 5.51. The first-order valence-electron chi connectivity index (χ1n) is 9.98. The standard InChI is InChI=1S/C21H28N4O2/c1-14-3-8-17(9-4-14)24-21-23-12-18(16-7-10-19(26-2)22-11-16)20(25-21)27-13-15-5-6-15/h7,10-12,14-15,17H,3-6,8-9,13H2,1-2H3,(H,23,24,25)/t14-,17-. The molecule has 0 radical (unpaired) electrons. The molecule has 0 aromatic carbocycles. The van der Waals surface area contributed by atoms with Crippen LogP contribution >= 0.6 is 0 Å². The van der Waals surface area contributed by atoms with Crippen molar-refractivity contribution in [2.24, 2.45) is 11.8 Å². The smallest absolute Gasteiger partial charge is 0.226 e. The molecule has 144 valence electrons. The van der Waals surface area contributed by atoms with Gasteiger partial charge in [0.25, 0.3) is 0 Å². The fourth-order valence-electron chi connectivity index (χ4n) is 3.47. The second-order valence-electron chi connectivity index (χ2n) is 7.86. The van der Waals surface area contributed by atoms with Crippen molar-refractivity contribution >= 4 is 5.95 Å². The van der Waals surface area contributed by atoms with Crippen molar-refractivity contribution in [1.29, 1.82) is 0 Å². The van der Waals surface area contributed by atoms with E-state index in [9.17, 15) is 0 Å². The van der Waals surface area contributed by atoms with Crippen LogP contribution in [0, 0.1) is 11.8 Å². The first kappa shape index (κ1) is 18.0. The maximum Gasteiger partial charge on any atom is 0.226 e. The molecule has 0 atom stereocenters. The SMILES string of the molecule is COc1ccc(-c2cnc(N[C@H]3CC[C@H](C)CC3)nc2OCC2CC2)cn1. The van der Waals surface area contributed by atoms with Gasteiger partial charge in [0.15, 0.2) is 0 Å². The van der Waals surface area contributed by atoms with E-state index in [-0.39, 0.29) is 0 Å². The summed E-state index contributed by atoms with van der Waals surface area (Å²) in [7, 11) is 1.61. The number of nitrogens with one attached hydrogen (secondary N) is 1. The van der Waals surface area contributed by atoms with Gasteiger partial charge in [-0.3, -0.25) is 0 Å². The number of anilines is 1. The minimum Gasteiger partial charge on any atom is -0.481 e. The van der Waals surface area contributed by atoms with Crippen LogP contribution in [-0.2, 0) is 0 Å². The van der Waals surface area contributed by atoms with E-state index in [1.807, 2.05) is 18.3 Å². The number of ether oxygens (including phenoxy) is 2. The molecule has 2 aromatic rings. The highest BCUT2D eigenvalue weighted by Crippen LogP contribution is 2.33. The fraction of sp³-hybridized carbons (Fsp3) is 0.571. The average molecular weight is 368 g/mol. The van der Waals surface area contributed by atoms with E-state index < -0.39 is 0 Å². The van der Waals surface area contributed by atoms with E-state index >= 15 is 0 Å². The lowest BCUT2D eigenvalue weighted by Crippen LogP contribution is -2.26. The molecule has 0 unspecified atom stereocenters. The molecule has 2 aromatic heterocycles. The van der Waals surface area contributed by atoms with Crippen LogP contribution in [0.15, 0.2) is 24.5 Å². The summed E-state index contributed by atoms with van der Waals surface area (Å²) in [4.78, 5) is 13.6. The number of aromatic nitrogens is 3. The predicted octanol–water partition coefficient (Wildman–Crippen LogP) is 4.33. The van der Waals surface area contributed by atoms with Crippen molar-refractivity contribution in [2.45, 2.75) is 51.5 Å². The zero-order valence-corrected chi connectivity index (χ0v) is 16.1. The molecule has 0 saturated heterocycles. The molecule has 6 heteroatoms. The highest BCUT2D eigenvalue weighted by molar-refractivity contribution is 5.68. The second-order valence-corrected chi connectivity index (χ2v) is 7.86. The van der Waals surface area contributed by atoms with Gasteiger partial charge < -0.3 is 14.8 Å². The van der Waals surface area contributed by atoms with E-state index in [1.54, 1.807) is 13.3 Å². The van der Waals surface area contributed by atoms with Crippen molar-refractivity contribution in [3.63, 3.8) is 0 Å². The number of pyridine rings is 1. The Balaban J connectivity index is 1.53. The Bertz CT molecular complexity index is 753. The van der Waals surface area contributed by atoms with Gasteiger partial charge in [-0.1, -0.05) is 6.92 Å². The Labute approximate surface area is 160 Å². The molecule has 2 aliphatic carbocycles. The van der Waals surface area contributed by atoms with Crippen molar-refractivity contribution in [3.05, 3.63) is 24.5 Å². The van der Waals surface area contributed by atoms with Gasteiger partial charge in [-0.05, 0) is 56.4 Å². The summed E-state index contributed by atoms with van der Waals surface area (Å²) in [6.07, 6.45) is 11.0. The van der Waals surface area contributed by atoms with Gasteiger partial charge in [0.1, 0.15) is 0 Å². The molecule has 4 rings (SSSR count). The van der Waals surface area contributed by atoms with Gasteiger partial charge in [0.05, 0.1) is 19.3 Å². The van der Waals surface area contributed by atoms with Crippen LogP contribution in [0.2, 0.25) is 0 Å². The van der Waals surface area contributed by atoms with Crippen molar-refractivity contribution in [2.75, 3.05) is 19.0 Å². The Kier molecular flexibility index (Phi) is 5.41. The largest absolute Gasteiger partial charge is 0.481 e. The third kappa shape index (κ3) is 4.67. The fourth-order valence-corrected chi connectivity index (χ4v) is 3.47. The predicted molar refractivity (Wildman–Crippen MR) is 105 cm³/mol. The van der Waals surface area contributed by atoms with Gasteiger partial charge in [0.2, 0.25) is 17.7 Å².